The number of hydrogen-bond acceptors (Lipinski definition) is 2. The van der Waals surface area contributed by atoms with Crippen LogP contribution in [-0.2, 0) is 9.59 Å². The summed E-state index contributed by atoms with van der Waals surface area (Å²) in [6.07, 6.45) is 4.09. The molecule has 1 aliphatic rings. The summed E-state index contributed by atoms with van der Waals surface area (Å²) in [6.45, 7) is 6.19. The Hall–Kier alpha value is -1.55. The second-order valence-electron chi connectivity index (χ2n) is 6.62. The Morgan fingerprint density at radius 2 is 2.00 bits per heavy atom. The van der Waals surface area contributed by atoms with Crippen molar-refractivity contribution >= 4 is 29.1 Å². The van der Waals surface area contributed by atoms with Gasteiger partial charge in [0.2, 0.25) is 11.8 Å². The molecule has 23 heavy (non-hydrogen) atoms. The van der Waals surface area contributed by atoms with Crippen LogP contribution in [-0.4, -0.2) is 29.3 Å². The van der Waals surface area contributed by atoms with Crippen molar-refractivity contribution in [3.8, 4) is 0 Å². The summed E-state index contributed by atoms with van der Waals surface area (Å²) >= 11 is 6.08. The quantitative estimate of drug-likeness (QED) is 0.842. The molecule has 1 atom stereocenters. The Kier molecular flexibility index (Phi) is 5.69. The number of hydrogen-bond donors (Lipinski definition) is 1. The summed E-state index contributed by atoms with van der Waals surface area (Å²) < 4.78 is 0. The molecule has 1 N–H and O–H groups in total. The van der Waals surface area contributed by atoms with Crippen LogP contribution in [0, 0.1) is 5.41 Å². The summed E-state index contributed by atoms with van der Waals surface area (Å²) in [5.74, 6) is -0.426. The third kappa shape index (κ3) is 3.86. The van der Waals surface area contributed by atoms with Crippen LogP contribution in [0.5, 0.6) is 0 Å². The minimum Gasteiger partial charge on any atom is -0.339 e. The highest BCUT2D eigenvalue weighted by Crippen LogP contribution is 2.29. The third-order valence-corrected chi connectivity index (χ3v) is 4.91. The van der Waals surface area contributed by atoms with E-state index in [1.165, 1.54) is 0 Å². The Morgan fingerprint density at radius 3 is 2.65 bits per heavy atom. The minimum atomic E-state index is -1.12. The van der Waals surface area contributed by atoms with Crippen LogP contribution in [0.1, 0.15) is 46.5 Å². The lowest BCUT2D eigenvalue weighted by atomic mass is 9.87. The van der Waals surface area contributed by atoms with E-state index in [0.717, 1.165) is 32.2 Å². The van der Waals surface area contributed by atoms with Crippen LogP contribution in [0.25, 0.3) is 0 Å². The van der Waals surface area contributed by atoms with Gasteiger partial charge in [-0.2, -0.15) is 0 Å². The largest absolute Gasteiger partial charge is 0.339 e. The zero-order valence-corrected chi connectivity index (χ0v) is 14.8. The van der Waals surface area contributed by atoms with Crippen molar-refractivity contribution in [2.24, 2.45) is 5.41 Å². The van der Waals surface area contributed by atoms with E-state index in [-0.39, 0.29) is 17.9 Å². The summed E-state index contributed by atoms with van der Waals surface area (Å²) in [5.41, 5.74) is -0.588. The van der Waals surface area contributed by atoms with Crippen LogP contribution >= 0.6 is 11.6 Å². The third-order valence-electron chi connectivity index (χ3n) is 4.58. The van der Waals surface area contributed by atoms with E-state index < -0.39 is 5.41 Å². The maximum Gasteiger partial charge on any atom is 0.239 e. The molecule has 0 saturated carbocycles. The summed E-state index contributed by atoms with van der Waals surface area (Å²) in [6, 6.07) is 7.28. The molecule has 126 valence electrons. The fourth-order valence-electron chi connectivity index (χ4n) is 2.99. The van der Waals surface area contributed by atoms with Crippen molar-refractivity contribution in [2.45, 2.75) is 52.5 Å². The molecule has 0 radical (unpaired) electrons. The minimum absolute atomic E-state index is 0.103. The number of nitrogens with zero attached hydrogens (tertiary/aromatic N) is 1. The number of likely N-dealkylation sites (tertiary alicyclic amines) is 1. The zero-order valence-electron chi connectivity index (χ0n) is 14.1. The van der Waals surface area contributed by atoms with Crippen LogP contribution in [0.4, 0.5) is 5.69 Å². The second kappa shape index (κ2) is 7.35. The molecule has 0 bridgehead atoms. The fraction of sp³-hybridized carbons (Fsp3) is 0.556. The summed E-state index contributed by atoms with van der Waals surface area (Å²) in [5, 5.41) is 3.25. The van der Waals surface area contributed by atoms with Gasteiger partial charge in [0, 0.05) is 12.6 Å². The number of carbonyl (C=O) groups is 2. The molecule has 1 unspecified atom stereocenters. The van der Waals surface area contributed by atoms with Crippen molar-refractivity contribution in [3.63, 3.8) is 0 Å². The fourth-order valence-corrected chi connectivity index (χ4v) is 3.17. The molecule has 1 saturated heterocycles. The van der Waals surface area contributed by atoms with Gasteiger partial charge in [0.05, 0.1) is 10.7 Å². The lowest BCUT2D eigenvalue weighted by Gasteiger charge is -2.39. The number of carbonyl (C=O) groups excluding carboxylic acids is 2. The second-order valence-corrected chi connectivity index (χ2v) is 7.02. The van der Waals surface area contributed by atoms with Crippen LogP contribution < -0.4 is 5.32 Å². The van der Waals surface area contributed by atoms with Crippen molar-refractivity contribution in [3.05, 3.63) is 29.3 Å². The molecule has 1 aliphatic heterocycles. The van der Waals surface area contributed by atoms with Crippen LogP contribution in [0.2, 0.25) is 5.02 Å². The molecule has 0 aliphatic carbocycles. The zero-order chi connectivity index (χ0) is 17.0. The molecular weight excluding hydrogens is 312 g/mol. The normalized spacial score (nSPS) is 18.6. The van der Waals surface area contributed by atoms with Gasteiger partial charge in [0.1, 0.15) is 5.41 Å². The number of anilines is 1. The Labute approximate surface area is 143 Å². The van der Waals surface area contributed by atoms with Gasteiger partial charge in [-0.25, -0.2) is 0 Å². The lowest BCUT2D eigenvalue weighted by molar-refractivity contribution is -0.149. The van der Waals surface area contributed by atoms with Crippen molar-refractivity contribution < 1.29 is 9.59 Å². The highest BCUT2D eigenvalue weighted by Gasteiger charge is 2.41. The standard InChI is InChI=1S/C18H25ClN2O2/c1-4-13-9-7-8-12-21(13)17(23)18(2,3)16(22)20-15-11-6-5-10-14(15)19/h5-6,10-11,13H,4,7-9,12H2,1-3H3,(H,20,22). The van der Waals surface area contributed by atoms with E-state index in [4.69, 9.17) is 11.6 Å². The van der Waals surface area contributed by atoms with Crippen molar-refractivity contribution in [1.82, 2.24) is 4.90 Å². The van der Waals surface area contributed by atoms with E-state index >= 15 is 0 Å². The van der Waals surface area contributed by atoms with E-state index in [9.17, 15) is 9.59 Å². The van der Waals surface area contributed by atoms with Gasteiger partial charge in [-0.3, -0.25) is 9.59 Å². The Morgan fingerprint density at radius 1 is 1.30 bits per heavy atom. The van der Waals surface area contributed by atoms with Gasteiger partial charge in [0.15, 0.2) is 0 Å². The van der Waals surface area contributed by atoms with Crippen LogP contribution in [0.15, 0.2) is 24.3 Å². The monoisotopic (exact) mass is 336 g/mol. The van der Waals surface area contributed by atoms with E-state index in [1.807, 2.05) is 4.90 Å². The van der Waals surface area contributed by atoms with Gasteiger partial charge < -0.3 is 10.2 Å². The van der Waals surface area contributed by atoms with Gasteiger partial charge in [-0.15, -0.1) is 0 Å². The molecule has 5 heteroatoms. The predicted octanol–water partition coefficient (Wildman–Crippen LogP) is 4.10. The lowest BCUT2D eigenvalue weighted by Crippen LogP contribution is -2.52. The number of para-hydroxylation sites is 1. The number of amides is 2. The maximum absolute atomic E-state index is 12.9. The molecule has 2 amide bonds. The first-order chi connectivity index (χ1) is 10.9. The number of piperidine rings is 1. The average molecular weight is 337 g/mol. The first kappa shape index (κ1) is 17.8. The molecule has 4 nitrogen and oxygen atoms in total. The number of nitrogens with one attached hydrogen (secondary N) is 1. The molecule has 1 heterocycles. The predicted molar refractivity (Wildman–Crippen MR) is 93.5 cm³/mol. The molecule has 2 rings (SSSR count). The first-order valence-corrected chi connectivity index (χ1v) is 8.62. The molecule has 1 aromatic carbocycles. The Balaban J connectivity index is 2.14. The summed E-state index contributed by atoms with van der Waals surface area (Å²) in [7, 11) is 0. The topological polar surface area (TPSA) is 49.4 Å². The van der Waals surface area contributed by atoms with Crippen molar-refractivity contribution in [1.29, 1.82) is 0 Å². The van der Waals surface area contributed by atoms with Crippen molar-refractivity contribution in [2.75, 3.05) is 11.9 Å². The molecule has 1 fully saturated rings. The SMILES string of the molecule is CCC1CCCCN1C(=O)C(C)(C)C(=O)Nc1ccccc1Cl. The van der Waals surface area contributed by atoms with Gasteiger partial charge >= 0.3 is 0 Å². The van der Waals surface area contributed by atoms with Crippen LogP contribution in [0.3, 0.4) is 0 Å². The highest BCUT2D eigenvalue weighted by molar-refractivity contribution is 6.33. The smallest absolute Gasteiger partial charge is 0.239 e. The molecule has 0 aromatic heterocycles. The van der Waals surface area contributed by atoms with E-state index in [2.05, 4.69) is 12.2 Å². The van der Waals surface area contributed by atoms with E-state index in [0.29, 0.717) is 10.7 Å². The Bertz CT molecular complexity index is 586. The molecule has 0 spiro atoms. The number of halogens is 1. The van der Waals surface area contributed by atoms with Gasteiger partial charge in [0.25, 0.3) is 0 Å². The number of rotatable bonds is 4. The maximum atomic E-state index is 12.9. The van der Waals surface area contributed by atoms with E-state index in [1.54, 1.807) is 38.1 Å². The van der Waals surface area contributed by atoms with Gasteiger partial charge in [-0.05, 0) is 51.7 Å². The van der Waals surface area contributed by atoms with Gasteiger partial charge in [-0.1, -0.05) is 30.7 Å². The summed E-state index contributed by atoms with van der Waals surface area (Å²) in [4.78, 5) is 27.5. The molecular formula is C18H25ClN2O2. The first-order valence-electron chi connectivity index (χ1n) is 8.25. The average Bonchev–Trinajstić information content (AvgIpc) is 2.56. The molecule has 1 aromatic rings. The number of benzene rings is 1. The highest BCUT2D eigenvalue weighted by atomic mass is 35.5.